The van der Waals surface area contributed by atoms with E-state index in [-0.39, 0.29) is 29.2 Å². The van der Waals surface area contributed by atoms with E-state index >= 15 is 0 Å². The zero-order valence-corrected chi connectivity index (χ0v) is 19.4. The second-order valence-corrected chi connectivity index (χ2v) is 8.88. The van der Waals surface area contributed by atoms with Crippen molar-refractivity contribution in [3.63, 3.8) is 0 Å². The molecule has 6 nitrogen and oxygen atoms in total. The molecule has 176 valence electrons. The fourth-order valence-electron chi connectivity index (χ4n) is 4.08. The average Bonchev–Trinajstić information content (AvgIpc) is 3.08. The number of aryl methyl sites for hydroxylation is 1. The maximum absolute atomic E-state index is 13.5. The Balaban J connectivity index is 1.47. The van der Waals surface area contributed by atoms with E-state index in [0.717, 1.165) is 15.7 Å². The summed E-state index contributed by atoms with van der Waals surface area (Å²) in [5.74, 6) is -0.260. The number of alkyl halides is 4. The van der Waals surface area contributed by atoms with E-state index < -0.39 is 24.1 Å². The van der Waals surface area contributed by atoms with Gasteiger partial charge in [0.05, 0.1) is 11.1 Å². The summed E-state index contributed by atoms with van der Waals surface area (Å²) in [7, 11) is 0. The number of piperazine rings is 1. The number of rotatable bonds is 6. The lowest BCUT2D eigenvalue weighted by Gasteiger charge is -2.34. The Hall–Kier alpha value is -2.53. The molecule has 1 aliphatic heterocycles. The SMILES string of the molecule is Cc1nn(CC(=O)N2CCN(Cc3cccc(Br)c3)CC2)c2nc(C(F)F)cc(C(F)F)c12. The molecule has 33 heavy (non-hydrogen) atoms. The molecule has 3 heterocycles. The summed E-state index contributed by atoms with van der Waals surface area (Å²) < 4.78 is 55.6. The smallest absolute Gasteiger partial charge is 0.280 e. The molecule has 0 aliphatic carbocycles. The van der Waals surface area contributed by atoms with Gasteiger partial charge in [0.2, 0.25) is 5.91 Å². The molecular weight excluding hydrogens is 506 g/mol. The maximum Gasteiger partial charge on any atom is 0.280 e. The molecule has 0 atom stereocenters. The van der Waals surface area contributed by atoms with Crippen LogP contribution in [-0.2, 0) is 17.9 Å². The first-order valence-electron chi connectivity index (χ1n) is 10.4. The van der Waals surface area contributed by atoms with E-state index in [2.05, 4.69) is 37.0 Å². The minimum absolute atomic E-state index is 0.0149. The van der Waals surface area contributed by atoms with Gasteiger partial charge in [-0.25, -0.2) is 27.2 Å². The summed E-state index contributed by atoms with van der Waals surface area (Å²) in [5.41, 5.74) is -0.0406. The normalized spacial score (nSPS) is 15.2. The van der Waals surface area contributed by atoms with E-state index in [4.69, 9.17) is 0 Å². The first-order chi connectivity index (χ1) is 15.7. The van der Waals surface area contributed by atoms with E-state index in [1.165, 1.54) is 12.5 Å². The second kappa shape index (κ2) is 9.76. The minimum Gasteiger partial charge on any atom is -0.339 e. The second-order valence-electron chi connectivity index (χ2n) is 7.97. The van der Waals surface area contributed by atoms with Gasteiger partial charge in [0.15, 0.2) is 5.65 Å². The third kappa shape index (κ3) is 5.19. The van der Waals surface area contributed by atoms with Gasteiger partial charge in [-0.1, -0.05) is 28.1 Å². The summed E-state index contributed by atoms with van der Waals surface area (Å²) in [4.78, 5) is 20.6. The highest BCUT2D eigenvalue weighted by molar-refractivity contribution is 9.10. The van der Waals surface area contributed by atoms with Crippen LogP contribution < -0.4 is 0 Å². The number of pyridine rings is 1. The number of fused-ring (bicyclic) bond motifs is 1. The number of aromatic nitrogens is 3. The van der Waals surface area contributed by atoms with Gasteiger partial charge in [0, 0.05) is 42.8 Å². The minimum atomic E-state index is -3.01. The summed E-state index contributed by atoms with van der Waals surface area (Å²) in [6, 6.07) is 8.74. The highest BCUT2D eigenvalue weighted by atomic mass is 79.9. The van der Waals surface area contributed by atoms with Crippen molar-refractivity contribution in [2.45, 2.75) is 32.9 Å². The monoisotopic (exact) mass is 527 g/mol. The molecule has 0 bridgehead atoms. The van der Waals surface area contributed by atoms with Crippen molar-refractivity contribution in [3.8, 4) is 0 Å². The van der Waals surface area contributed by atoms with Crippen LogP contribution in [0.3, 0.4) is 0 Å². The number of carbonyl (C=O) groups excluding carboxylic acids is 1. The van der Waals surface area contributed by atoms with Crippen LogP contribution in [0.1, 0.15) is 35.4 Å². The molecule has 3 aromatic rings. The van der Waals surface area contributed by atoms with Crippen molar-refractivity contribution in [2.24, 2.45) is 0 Å². The van der Waals surface area contributed by atoms with Crippen molar-refractivity contribution in [2.75, 3.05) is 26.2 Å². The van der Waals surface area contributed by atoms with E-state index in [1.807, 2.05) is 18.2 Å². The predicted octanol–water partition coefficient (Wildman–Crippen LogP) is 4.72. The van der Waals surface area contributed by atoms with Crippen LogP contribution in [0.4, 0.5) is 17.6 Å². The van der Waals surface area contributed by atoms with Crippen LogP contribution >= 0.6 is 15.9 Å². The Morgan fingerprint density at radius 2 is 1.82 bits per heavy atom. The molecule has 2 aromatic heterocycles. The largest absolute Gasteiger partial charge is 0.339 e. The molecule has 1 saturated heterocycles. The molecule has 11 heteroatoms. The van der Waals surface area contributed by atoms with Gasteiger partial charge in [-0.3, -0.25) is 9.69 Å². The van der Waals surface area contributed by atoms with Gasteiger partial charge < -0.3 is 4.90 Å². The van der Waals surface area contributed by atoms with Crippen LogP contribution in [0.15, 0.2) is 34.8 Å². The fourth-order valence-corrected chi connectivity index (χ4v) is 4.52. The standard InChI is InChI=1S/C22H22BrF4N5O/c1-13-19-16(20(24)25)10-17(21(26)27)28-22(19)32(29-13)12-18(33)31-7-5-30(6-8-31)11-14-3-2-4-15(23)9-14/h2-4,9-10,20-21H,5-8,11-12H2,1H3. The number of nitrogens with zero attached hydrogens (tertiary/aromatic N) is 5. The molecule has 0 saturated carbocycles. The van der Waals surface area contributed by atoms with Crippen LogP contribution in [0.25, 0.3) is 11.0 Å². The number of benzene rings is 1. The highest BCUT2D eigenvalue weighted by Crippen LogP contribution is 2.32. The zero-order valence-electron chi connectivity index (χ0n) is 17.8. The highest BCUT2D eigenvalue weighted by Gasteiger charge is 2.26. The third-order valence-corrected chi connectivity index (χ3v) is 6.18. The van der Waals surface area contributed by atoms with Gasteiger partial charge in [0.25, 0.3) is 12.9 Å². The lowest BCUT2D eigenvalue weighted by Crippen LogP contribution is -2.49. The van der Waals surface area contributed by atoms with Crippen molar-refractivity contribution < 1.29 is 22.4 Å². The third-order valence-electron chi connectivity index (χ3n) is 5.69. The fraction of sp³-hybridized carbons (Fsp3) is 0.409. The molecule has 0 spiro atoms. The van der Waals surface area contributed by atoms with Crippen molar-refractivity contribution in [3.05, 3.63) is 57.3 Å². The first kappa shape index (κ1) is 23.6. The van der Waals surface area contributed by atoms with Crippen LogP contribution in [-0.4, -0.2) is 56.7 Å². The van der Waals surface area contributed by atoms with Gasteiger partial charge >= 0.3 is 0 Å². The Bertz CT molecular complexity index is 1160. The molecule has 1 fully saturated rings. The van der Waals surface area contributed by atoms with Crippen LogP contribution in [0.5, 0.6) is 0 Å². The molecule has 0 N–H and O–H groups in total. The molecule has 1 aliphatic rings. The summed E-state index contributed by atoms with van der Waals surface area (Å²) in [5, 5.41) is 4.18. The predicted molar refractivity (Wildman–Crippen MR) is 118 cm³/mol. The topological polar surface area (TPSA) is 54.3 Å². The summed E-state index contributed by atoms with van der Waals surface area (Å²) >= 11 is 3.46. The number of carbonyl (C=O) groups is 1. The van der Waals surface area contributed by atoms with E-state index in [1.54, 1.807) is 4.90 Å². The Morgan fingerprint density at radius 3 is 2.45 bits per heavy atom. The summed E-state index contributed by atoms with van der Waals surface area (Å²) in [6.07, 6.45) is -5.97. The first-order valence-corrected chi connectivity index (χ1v) is 11.2. The quantitative estimate of drug-likeness (QED) is 0.435. The zero-order chi connectivity index (χ0) is 23.7. The molecule has 0 radical (unpaired) electrons. The molecule has 0 unspecified atom stereocenters. The van der Waals surface area contributed by atoms with Crippen LogP contribution in [0, 0.1) is 6.92 Å². The van der Waals surface area contributed by atoms with Gasteiger partial charge in [-0.2, -0.15) is 5.10 Å². The number of halogens is 5. The lowest BCUT2D eigenvalue weighted by atomic mass is 10.1. The van der Waals surface area contributed by atoms with E-state index in [0.29, 0.717) is 32.2 Å². The molecule has 1 aromatic carbocycles. The Morgan fingerprint density at radius 1 is 1.09 bits per heavy atom. The lowest BCUT2D eigenvalue weighted by molar-refractivity contribution is -0.133. The van der Waals surface area contributed by atoms with Gasteiger partial charge in [-0.15, -0.1) is 0 Å². The Kier molecular flexibility index (Phi) is 6.99. The number of amides is 1. The average molecular weight is 528 g/mol. The van der Waals surface area contributed by atoms with Gasteiger partial charge in [-0.05, 0) is 30.7 Å². The van der Waals surface area contributed by atoms with Gasteiger partial charge in [0.1, 0.15) is 12.2 Å². The van der Waals surface area contributed by atoms with Crippen molar-refractivity contribution >= 4 is 32.9 Å². The molecule has 1 amide bonds. The van der Waals surface area contributed by atoms with Crippen LogP contribution in [0.2, 0.25) is 0 Å². The number of hydrogen-bond acceptors (Lipinski definition) is 4. The maximum atomic E-state index is 13.5. The summed E-state index contributed by atoms with van der Waals surface area (Å²) in [6.45, 7) is 4.38. The van der Waals surface area contributed by atoms with Crippen molar-refractivity contribution in [1.29, 1.82) is 0 Å². The molecule has 4 rings (SSSR count). The molecular formula is C22H22BrF4N5O. The number of hydrogen-bond donors (Lipinski definition) is 0. The van der Waals surface area contributed by atoms with E-state index in [9.17, 15) is 22.4 Å². The Labute approximate surface area is 196 Å². The van der Waals surface area contributed by atoms with Crippen molar-refractivity contribution in [1.82, 2.24) is 24.6 Å².